The lowest BCUT2D eigenvalue weighted by atomic mass is 9.96. The van der Waals surface area contributed by atoms with Gasteiger partial charge in [-0.25, -0.2) is 0 Å². The van der Waals surface area contributed by atoms with E-state index in [1.165, 1.54) is 46.5 Å². The van der Waals surface area contributed by atoms with E-state index >= 15 is 0 Å². The smallest absolute Gasteiger partial charge is 0.195 e. The lowest BCUT2D eigenvalue weighted by molar-refractivity contribution is 0.796. The maximum absolute atomic E-state index is 13.4. The average Bonchev–Trinajstić information content (AvgIpc) is 2.79. The van der Waals surface area contributed by atoms with Gasteiger partial charge in [-0.1, -0.05) is 51.0 Å². The highest BCUT2D eigenvalue weighted by atomic mass is 32.1. The normalized spacial score (nSPS) is 11.8. The van der Waals surface area contributed by atoms with E-state index in [-0.39, 0.29) is 5.43 Å². The molecule has 0 fully saturated rings. The van der Waals surface area contributed by atoms with E-state index in [1.807, 2.05) is 0 Å². The molecule has 1 nitrogen and oxygen atoms in total. The van der Waals surface area contributed by atoms with E-state index in [9.17, 15) is 4.79 Å². The van der Waals surface area contributed by atoms with E-state index in [0.29, 0.717) is 0 Å². The summed E-state index contributed by atoms with van der Waals surface area (Å²) < 4.78 is 2.16. The zero-order chi connectivity index (χ0) is 21.4. The summed E-state index contributed by atoms with van der Waals surface area (Å²) in [6.45, 7) is 4.44. The van der Waals surface area contributed by atoms with Crippen LogP contribution in [0.3, 0.4) is 0 Å². The maximum atomic E-state index is 13.4. The molecule has 0 amide bonds. The molecule has 0 atom stereocenters. The Bertz CT molecular complexity index is 1480. The molecule has 0 radical (unpaired) electrons. The summed E-state index contributed by atoms with van der Waals surface area (Å²) >= 11 is 1.73. The van der Waals surface area contributed by atoms with E-state index in [0.717, 1.165) is 44.8 Å². The SMILES string of the molecule is CCCCc1ccc2sc3cc4cc5cccc(CCCC)c5cc4cc3c(=O)c2c1. The molecule has 0 aliphatic carbocycles. The Morgan fingerprint density at radius 1 is 0.677 bits per heavy atom. The Kier molecular flexibility index (Phi) is 5.50. The van der Waals surface area contributed by atoms with Crippen LogP contribution < -0.4 is 5.43 Å². The van der Waals surface area contributed by atoms with Gasteiger partial charge in [0.15, 0.2) is 5.43 Å². The monoisotopic (exact) mass is 424 g/mol. The molecule has 0 N–H and O–H groups in total. The number of hydrogen-bond donors (Lipinski definition) is 0. The van der Waals surface area contributed by atoms with E-state index in [1.54, 1.807) is 11.3 Å². The van der Waals surface area contributed by atoms with Gasteiger partial charge in [-0.3, -0.25) is 4.79 Å². The molecule has 0 spiro atoms. The summed E-state index contributed by atoms with van der Waals surface area (Å²) in [6.07, 6.45) is 6.87. The molecule has 1 aromatic heterocycles. The fourth-order valence-electron chi connectivity index (χ4n) is 4.61. The molecule has 0 saturated carbocycles. The topological polar surface area (TPSA) is 17.1 Å². The zero-order valence-electron chi connectivity index (χ0n) is 18.3. The van der Waals surface area contributed by atoms with Crippen LogP contribution in [0.25, 0.3) is 41.7 Å². The molecule has 2 heteroatoms. The van der Waals surface area contributed by atoms with Gasteiger partial charge in [0.05, 0.1) is 0 Å². The number of benzene rings is 4. The van der Waals surface area contributed by atoms with Crippen molar-refractivity contribution in [1.29, 1.82) is 0 Å². The van der Waals surface area contributed by atoms with Crippen LogP contribution >= 0.6 is 11.3 Å². The van der Waals surface area contributed by atoms with Gasteiger partial charge in [-0.15, -0.1) is 11.3 Å². The highest BCUT2D eigenvalue weighted by Crippen LogP contribution is 2.32. The lowest BCUT2D eigenvalue weighted by Gasteiger charge is -2.10. The van der Waals surface area contributed by atoms with Gasteiger partial charge in [0.25, 0.3) is 0 Å². The highest BCUT2D eigenvalue weighted by molar-refractivity contribution is 7.24. The molecule has 31 heavy (non-hydrogen) atoms. The van der Waals surface area contributed by atoms with Crippen LogP contribution in [0.5, 0.6) is 0 Å². The number of unbranched alkanes of at least 4 members (excludes halogenated alkanes) is 2. The Morgan fingerprint density at radius 2 is 1.42 bits per heavy atom. The standard InChI is InChI=1S/C29H28OS/c1-3-5-8-19-12-13-27-25(14-19)29(30)26-17-23-16-24-20(9-6-4-2)10-7-11-21(24)15-22(23)18-28(26)31-27/h7,10-18H,3-6,8-9H2,1-2H3. The average molecular weight is 425 g/mol. The van der Waals surface area contributed by atoms with Crippen LogP contribution in [-0.4, -0.2) is 0 Å². The molecule has 1 heterocycles. The number of hydrogen-bond acceptors (Lipinski definition) is 2. The summed E-state index contributed by atoms with van der Waals surface area (Å²) in [5.41, 5.74) is 2.85. The second-order valence-corrected chi connectivity index (χ2v) is 9.74. The first-order chi connectivity index (χ1) is 15.2. The minimum atomic E-state index is 0.170. The van der Waals surface area contributed by atoms with Crippen LogP contribution in [0.2, 0.25) is 0 Å². The summed E-state index contributed by atoms with van der Waals surface area (Å²) in [5, 5.41) is 6.70. The largest absolute Gasteiger partial charge is 0.289 e. The third kappa shape index (κ3) is 3.74. The van der Waals surface area contributed by atoms with Crippen LogP contribution in [0.15, 0.2) is 65.5 Å². The number of rotatable bonds is 6. The quantitative estimate of drug-likeness (QED) is 0.250. The maximum Gasteiger partial charge on any atom is 0.195 e. The van der Waals surface area contributed by atoms with Gasteiger partial charge in [0.2, 0.25) is 0 Å². The molecular formula is C29H28OS. The van der Waals surface area contributed by atoms with Crippen LogP contribution in [0, 0.1) is 0 Å². The third-order valence-corrected chi connectivity index (χ3v) is 7.53. The minimum Gasteiger partial charge on any atom is -0.289 e. The molecule has 0 saturated heterocycles. The predicted octanol–water partition coefficient (Wildman–Crippen LogP) is 8.41. The molecule has 0 bridgehead atoms. The van der Waals surface area contributed by atoms with Gasteiger partial charge in [0, 0.05) is 20.2 Å². The first-order valence-corrected chi connectivity index (χ1v) is 12.3. The van der Waals surface area contributed by atoms with Crippen molar-refractivity contribution in [2.24, 2.45) is 0 Å². The Morgan fingerprint density at radius 3 is 2.26 bits per heavy atom. The summed E-state index contributed by atoms with van der Waals surface area (Å²) in [6, 6.07) is 22.0. The molecule has 0 aliphatic rings. The molecule has 4 aromatic carbocycles. The van der Waals surface area contributed by atoms with Crippen molar-refractivity contribution >= 4 is 53.1 Å². The van der Waals surface area contributed by atoms with Crippen molar-refractivity contribution in [1.82, 2.24) is 0 Å². The van der Waals surface area contributed by atoms with Gasteiger partial charge in [-0.05, 0) is 94.8 Å². The molecule has 5 aromatic rings. The van der Waals surface area contributed by atoms with Crippen LogP contribution in [0.1, 0.15) is 50.7 Å². The first-order valence-electron chi connectivity index (χ1n) is 11.5. The summed E-state index contributed by atoms with van der Waals surface area (Å²) in [4.78, 5) is 13.4. The Hall–Kier alpha value is -2.71. The van der Waals surface area contributed by atoms with Gasteiger partial charge in [-0.2, -0.15) is 0 Å². The van der Waals surface area contributed by atoms with Gasteiger partial charge in [0.1, 0.15) is 0 Å². The van der Waals surface area contributed by atoms with Gasteiger partial charge >= 0.3 is 0 Å². The fourth-order valence-corrected chi connectivity index (χ4v) is 5.69. The lowest BCUT2D eigenvalue weighted by Crippen LogP contribution is -2.02. The predicted molar refractivity (Wildman–Crippen MR) is 138 cm³/mol. The third-order valence-electron chi connectivity index (χ3n) is 6.40. The summed E-state index contributed by atoms with van der Waals surface area (Å²) in [7, 11) is 0. The van der Waals surface area contributed by atoms with E-state index < -0.39 is 0 Å². The molecular weight excluding hydrogens is 396 g/mol. The van der Waals surface area contributed by atoms with Crippen molar-refractivity contribution in [3.8, 4) is 0 Å². The molecule has 5 rings (SSSR count). The second kappa shape index (κ2) is 8.43. The van der Waals surface area contributed by atoms with Crippen molar-refractivity contribution in [3.05, 3.63) is 82.0 Å². The van der Waals surface area contributed by atoms with Crippen LogP contribution in [0.4, 0.5) is 0 Å². The van der Waals surface area contributed by atoms with Gasteiger partial charge < -0.3 is 0 Å². The molecule has 156 valence electrons. The van der Waals surface area contributed by atoms with Crippen molar-refractivity contribution < 1.29 is 0 Å². The molecule has 0 unspecified atom stereocenters. The molecule has 0 aliphatic heterocycles. The minimum absolute atomic E-state index is 0.170. The summed E-state index contributed by atoms with van der Waals surface area (Å²) in [5.74, 6) is 0. The fraction of sp³-hybridized carbons (Fsp3) is 0.276. The second-order valence-electron chi connectivity index (χ2n) is 8.65. The highest BCUT2D eigenvalue weighted by Gasteiger charge is 2.10. The zero-order valence-corrected chi connectivity index (χ0v) is 19.1. The number of aryl methyl sites for hydroxylation is 2. The van der Waals surface area contributed by atoms with E-state index in [2.05, 4.69) is 74.5 Å². The first kappa shape index (κ1) is 20.2. The van der Waals surface area contributed by atoms with Crippen molar-refractivity contribution in [2.45, 2.75) is 52.4 Å². The van der Waals surface area contributed by atoms with E-state index in [4.69, 9.17) is 0 Å². The van der Waals surface area contributed by atoms with Crippen LogP contribution in [-0.2, 0) is 12.8 Å². The number of fused-ring (bicyclic) bond motifs is 4. The Labute approximate surface area is 187 Å². The van der Waals surface area contributed by atoms with Crippen molar-refractivity contribution in [3.63, 3.8) is 0 Å². The van der Waals surface area contributed by atoms with Crippen molar-refractivity contribution in [2.75, 3.05) is 0 Å². The Balaban J connectivity index is 1.73.